The van der Waals surface area contributed by atoms with Crippen LogP contribution in [0.4, 0.5) is 4.79 Å². The molecule has 1 saturated heterocycles. The van der Waals surface area contributed by atoms with Crippen molar-refractivity contribution in [3.8, 4) is 0 Å². The van der Waals surface area contributed by atoms with E-state index >= 15 is 0 Å². The Morgan fingerprint density at radius 2 is 2.13 bits per heavy atom. The molecule has 0 aliphatic carbocycles. The van der Waals surface area contributed by atoms with Crippen molar-refractivity contribution in [3.63, 3.8) is 0 Å². The van der Waals surface area contributed by atoms with Crippen molar-refractivity contribution in [2.45, 2.75) is 50.1 Å². The third-order valence-corrected chi connectivity index (χ3v) is 5.69. The molecule has 2 amide bonds. The number of likely N-dealkylation sites (tertiary alicyclic amines) is 1. The number of sulfonamides is 1. The summed E-state index contributed by atoms with van der Waals surface area (Å²) in [7, 11) is -2.09. The number of carbonyl (C=O) groups excluding carboxylic acids is 1. The van der Waals surface area contributed by atoms with Crippen molar-refractivity contribution < 1.29 is 13.2 Å². The molecule has 2 rings (SSSR count). The van der Waals surface area contributed by atoms with Crippen molar-refractivity contribution in [1.82, 2.24) is 14.9 Å². The predicted molar refractivity (Wildman–Crippen MR) is 89.6 cm³/mol. The van der Waals surface area contributed by atoms with E-state index in [2.05, 4.69) is 17.0 Å². The molecule has 1 aliphatic heterocycles. The van der Waals surface area contributed by atoms with Crippen LogP contribution >= 0.6 is 0 Å². The Morgan fingerprint density at radius 1 is 1.35 bits per heavy atom. The van der Waals surface area contributed by atoms with Gasteiger partial charge in [0.2, 0.25) is 10.0 Å². The molecule has 1 atom stereocenters. The molecule has 0 unspecified atom stereocenters. The minimum atomic E-state index is -3.47. The van der Waals surface area contributed by atoms with Crippen molar-refractivity contribution in [2.24, 2.45) is 0 Å². The third-order valence-electron chi connectivity index (χ3n) is 4.28. The largest absolute Gasteiger partial charge is 0.334 e. The third kappa shape index (κ3) is 4.45. The Bertz CT molecular complexity index is 646. The highest BCUT2D eigenvalue weighted by molar-refractivity contribution is 7.89. The van der Waals surface area contributed by atoms with E-state index in [0.717, 1.165) is 31.4 Å². The normalized spacial score (nSPS) is 18.7. The molecule has 1 heterocycles. The molecule has 128 valence electrons. The number of nitrogens with one attached hydrogen (secondary N) is 2. The summed E-state index contributed by atoms with van der Waals surface area (Å²) >= 11 is 0. The first kappa shape index (κ1) is 17.7. The zero-order valence-corrected chi connectivity index (χ0v) is 14.5. The first-order valence-electron chi connectivity index (χ1n) is 8.05. The first-order valence-corrected chi connectivity index (χ1v) is 9.53. The molecule has 0 spiro atoms. The van der Waals surface area contributed by atoms with Gasteiger partial charge in [0.1, 0.15) is 0 Å². The van der Waals surface area contributed by atoms with Gasteiger partial charge in [0, 0.05) is 19.1 Å². The number of amides is 2. The zero-order chi connectivity index (χ0) is 16.9. The van der Waals surface area contributed by atoms with Crippen LogP contribution < -0.4 is 10.0 Å². The van der Waals surface area contributed by atoms with E-state index in [1.54, 1.807) is 12.1 Å². The Balaban J connectivity index is 2.00. The molecule has 2 N–H and O–H groups in total. The first-order chi connectivity index (χ1) is 11.0. The molecule has 23 heavy (non-hydrogen) atoms. The van der Waals surface area contributed by atoms with Gasteiger partial charge in [-0.25, -0.2) is 17.9 Å². The van der Waals surface area contributed by atoms with Crippen LogP contribution in [-0.4, -0.2) is 39.0 Å². The molecule has 1 fully saturated rings. The molecule has 1 aromatic rings. The minimum absolute atomic E-state index is 0.0709. The van der Waals surface area contributed by atoms with Gasteiger partial charge in [-0.3, -0.25) is 0 Å². The fourth-order valence-electron chi connectivity index (χ4n) is 2.91. The molecule has 1 aliphatic rings. The lowest BCUT2D eigenvalue weighted by atomic mass is 10.0. The molecular formula is C16H25N3O3S. The van der Waals surface area contributed by atoms with Gasteiger partial charge in [-0.05, 0) is 50.4 Å². The van der Waals surface area contributed by atoms with Crippen LogP contribution in [0.5, 0.6) is 0 Å². The topological polar surface area (TPSA) is 78.5 Å². The van der Waals surface area contributed by atoms with Gasteiger partial charge < -0.3 is 10.2 Å². The Hall–Kier alpha value is -1.60. The average molecular weight is 339 g/mol. The lowest BCUT2D eigenvalue weighted by Crippen LogP contribution is -2.48. The quantitative estimate of drug-likeness (QED) is 0.862. The highest BCUT2D eigenvalue weighted by Crippen LogP contribution is 2.19. The summed E-state index contributed by atoms with van der Waals surface area (Å²) in [5, 5.41) is 2.90. The highest BCUT2D eigenvalue weighted by Gasteiger charge is 2.24. The van der Waals surface area contributed by atoms with Crippen LogP contribution in [0.2, 0.25) is 0 Å². The minimum Gasteiger partial charge on any atom is -0.334 e. The van der Waals surface area contributed by atoms with Crippen molar-refractivity contribution in [2.75, 3.05) is 13.6 Å². The van der Waals surface area contributed by atoms with Gasteiger partial charge in [-0.15, -0.1) is 0 Å². The molecule has 0 saturated carbocycles. The van der Waals surface area contributed by atoms with Gasteiger partial charge in [0.15, 0.2) is 0 Å². The van der Waals surface area contributed by atoms with Crippen LogP contribution in [0, 0.1) is 0 Å². The van der Waals surface area contributed by atoms with Gasteiger partial charge in [-0.1, -0.05) is 19.1 Å². The maximum Gasteiger partial charge on any atom is 0.317 e. The summed E-state index contributed by atoms with van der Waals surface area (Å²) in [4.78, 5) is 14.5. The van der Waals surface area contributed by atoms with E-state index in [4.69, 9.17) is 0 Å². The van der Waals surface area contributed by atoms with E-state index in [0.29, 0.717) is 12.6 Å². The lowest BCUT2D eigenvalue weighted by molar-refractivity contribution is 0.148. The highest BCUT2D eigenvalue weighted by atomic mass is 32.2. The predicted octanol–water partition coefficient (Wildman–Crippen LogP) is 2.07. The molecule has 1 aromatic carbocycles. The van der Waals surface area contributed by atoms with Crippen LogP contribution in [0.15, 0.2) is 29.2 Å². The van der Waals surface area contributed by atoms with Crippen LogP contribution in [0.1, 0.15) is 38.2 Å². The summed E-state index contributed by atoms with van der Waals surface area (Å²) in [6.07, 6.45) is 4.23. The number of benzene rings is 1. The summed E-state index contributed by atoms with van der Waals surface area (Å²) < 4.78 is 25.9. The average Bonchev–Trinajstić information content (AvgIpc) is 2.59. The van der Waals surface area contributed by atoms with Crippen LogP contribution in [0.3, 0.4) is 0 Å². The van der Waals surface area contributed by atoms with Gasteiger partial charge >= 0.3 is 6.03 Å². The number of piperidine rings is 1. The fraction of sp³-hybridized carbons (Fsp3) is 0.562. The number of hydrogen-bond acceptors (Lipinski definition) is 3. The number of urea groups is 1. The Morgan fingerprint density at radius 3 is 2.83 bits per heavy atom. The molecule has 0 bridgehead atoms. The van der Waals surface area contributed by atoms with Crippen molar-refractivity contribution in [1.29, 1.82) is 0 Å². The second-order valence-electron chi connectivity index (χ2n) is 5.76. The summed E-state index contributed by atoms with van der Waals surface area (Å²) in [5.74, 6) is 0. The smallest absolute Gasteiger partial charge is 0.317 e. The molecule has 0 radical (unpaired) electrons. The van der Waals surface area contributed by atoms with Crippen LogP contribution in [-0.2, 0) is 16.6 Å². The van der Waals surface area contributed by atoms with E-state index in [9.17, 15) is 13.2 Å². The van der Waals surface area contributed by atoms with Crippen molar-refractivity contribution in [3.05, 3.63) is 29.8 Å². The second-order valence-corrected chi connectivity index (χ2v) is 7.65. The maximum absolute atomic E-state index is 12.4. The standard InChI is InChI=1S/C16H25N3O3S/c1-3-14-8-4-5-10-19(14)16(20)18-12-13-7-6-9-15(11-13)23(21,22)17-2/h6-7,9,11,14,17H,3-5,8,10,12H2,1-2H3,(H,18,20)/t14-/m0/s1. The van der Waals surface area contributed by atoms with E-state index in [-0.39, 0.29) is 10.9 Å². The van der Waals surface area contributed by atoms with E-state index < -0.39 is 10.0 Å². The molecule has 7 heteroatoms. The Kier molecular flexibility index (Phi) is 6.01. The Labute approximate surface area is 138 Å². The molecule has 6 nitrogen and oxygen atoms in total. The summed E-state index contributed by atoms with van der Waals surface area (Å²) in [5.41, 5.74) is 0.764. The summed E-state index contributed by atoms with van der Waals surface area (Å²) in [6, 6.07) is 6.84. The number of rotatable bonds is 5. The molecule has 0 aromatic heterocycles. The van der Waals surface area contributed by atoms with Gasteiger partial charge in [0.05, 0.1) is 4.90 Å². The maximum atomic E-state index is 12.4. The monoisotopic (exact) mass is 339 g/mol. The second kappa shape index (κ2) is 7.79. The molecular weight excluding hydrogens is 314 g/mol. The number of carbonyl (C=O) groups is 1. The van der Waals surface area contributed by atoms with E-state index in [1.807, 2.05) is 11.0 Å². The zero-order valence-electron chi connectivity index (χ0n) is 13.7. The lowest BCUT2D eigenvalue weighted by Gasteiger charge is -2.35. The summed E-state index contributed by atoms with van der Waals surface area (Å²) in [6.45, 7) is 3.21. The number of hydrogen-bond donors (Lipinski definition) is 2. The van der Waals surface area contributed by atoms with Crippen LogP contribution in [0.25, 0.3) is 0 Å². The fourth-order valence-corrected chi connectivity index (χ4v) is 3.71. The van der Waals surface area contributed by atoms with Gasteiger partial charge in [0.25, 0.3) is 0 Å². The number of nitrogens with zero attached hydrogens (tertiary/aromatic N) is 1. The van der Waals surface area contributed by atoms with Crippen molar-refractivity contribution >= 4 is 16.1 Å². The van der Waals surface area contributed by atoms with E-state index in [1.165, 1.54) is 19.5 Å². The van der Waals surface area contributed by atoms with Gasteiger partial charge in [-0.2, -0.15) is 0 Å². The SMILES string of the molecule is CC[C@H]1CCCCN1C(=O)NCc1cccc(S(=O)(=O)NC)c1.